The van der Waals surface area contributed by atoms with E-state index in [-0.39, 0.29) is 32.1 Å². The van der Waals surface area contributed by atoms with Crippen LogP contribution in [0.15, 0.2) is 0 Å². The molecule has 45 heavy (non-hydrogen) atoms. The number of carbonyl (C=O) groups excluding carboxylic acids is 2. The molecule has 0 aliphatic heterocycles. The molecule has 0 aliphatic carbocycles. The van der Waals surface area contributed by atoms with Gasteiger partial charge in [0.2, 0.25) is 5.91 Å². The molecule has 0 saturated carbocycles. The van der Waals surface area contributed by atoms with Gasteiger partial charge < -0.3 is 20.1 Å². The molecule has 268 valence electrons. The number of aliphatic hydroxyl groups is 1. The van der Waals surface area contributed by atoms with Gasteiger partial charge in [-0.25, -0.2) is 4.57 Å². The Bertz CT molecular complexity index is 724. The van der Waals surface area contributed by atoms with Crippen molar-refractivity contribution in [2.75, 3.05) is 26.4 Å². The van der Waals surface area contributed by atoms with Crippen molar-refractivity contribution in [1.82, 2.24) is 5.32 Å². The van der Waals surface area contributed by atoms with Crippen LogP contribution in [0.1, 0.15) is 181 Å². The Kier molecular flexibility index (Phi) is 32.2. The number of rotatable bonds is 35. The monoisotopic (exact) mass is 663 g/mol. The van der Waals surface area contributed by atoms with Gasteiger partial charge in [-0.05, 0) is 12.8 Å². The van der Waals surface area contributed by atoms with Gasteiger partial charge in [0, 0.05) is 19.4 Å². The molecule has 2 unspecified atom stereocenters. The molecular weight excluding hydrogens is 593 g/mol. The van der Waals surface area contributed by atoms with Gasteiger partial charge in [0.25, 0.3) is 0 Å². The summed E-state index contributed by atoms with van der Waals surface area (Å²) in [6, 6.07) is 0. The van der Waals surface area contributed by atoms with Crippen LogP contribution < -0.4 is 5.32 Å². The zero-order chi connectivity index (χ0) is 33.3. The Balaban J connectivity index is 3.60. The number of esters is 1. The molecule has 0 spiro atoms. The SMILES string of the molecule is CCCCCCCCCCCCCCCCC(=O)NCCOP(=O)(O)OCC(O)COC(=O)CCCCCCCCCCCC. The van der Waals surface area contributed by atoms with Gasteiger partial charge in [0.1, 0.15) is 12.7 Å². The van der Waals surface area contributed by atoms with Crippen LogP contribution >= 0.6 is 7.82 Å². The van der Waals surface area contributed by atoms with Crippen LogP contribution in [0.3, 0.4) is 0 Å². The van der Waals surface area contributed by atoms with Crippen molar-refractivity contribution >= 4 is 19.7 Å². The van der Waals surface area contributed by atoms with E-state index >= 15 is 0 Å². The second-order valence-electron chi connectivity index (χ2n) is 12.6. The fourth-order valence-corrected chi connectivity index (χ4v) is 5.96. The summed E-state index contributed by atoms with van der Waals surface area (Å²) < 4.78 is 26.7. The van der Waals surface area contributed by atoms with Crippen molar-refractivity contribution in [3.05, 3.63) is 0 Å². The summed E-state index contributed by atoms with van der Waals surface area (Å²) in [7, 11) is -4.40. The minimum Gasteiger partial charge on any atom is -0.463 e. The first-order valence-corrected chi connectivity index (χ1v) is 20.0. The summed E-state index contributed by atoms with van der Waals surface area (Å²) in [5, 5.41) is 12.6. The Morgan fingerprint density at radius 3 is 1.44 bits per heavy atom. The van der Waals surface area contributed by atoms with Gasteiger partial charge in [-0.2, -0.15) is 0 Å². The quantitative estimate of drug-likeness (QED) is 0.0347. The lowest BCUT2D eigenvalue weighted by atomic mass is 10.0. The predicted octanol–water partition coefficient (Wildman–Crippen LogP) is 9.32. The predicted molar refractivity (Wildman–Crippen MR) is 183 cm³/mol. The summed E-state index contributed by atoms with van der Waals surface area (Å²) >= 11 is 0. The van der Waals surface area contributed by atoms with E-state index < -0.39 is 26.5 Å². The average Bonchev–Trinajstić information content (AvgIpc) is 3.02. The zero-order valence-corrected chi connectivity index (χ0v) is 30.0. The first-order valence-electron chi connectivity index (χ1n) is 18.5. The highest BCUT2D eigenvalue weighted by Crippen LogP contribution is 2.42. The molecule has 0 aromatic carbocycles. The van der Waals surface area contributed by atoms with Crippen molar-refractivity contribution in [1.29, 1.82) is 0 Å². The normalized spacial score (nSPS) is 13.4. The number of amides is 1. The van der Waals surface area contributed by atoms with Crippen LogP contribution in [0.2, 0.25) is 0 Å². The number of phosphoric acid groups is 1. The number of hydrogen-bond acceptors (Lipinski definition) is 7. The first kappa shape index (κ1) is 44.0. The highest BCUT2D eigenvalue weighted by Gasteiger charge is 2.23. The van der Waals surface area contributed by atoms with Crippen LogP contribution in [0, 0.1) is 0 Å². The number of hydrogen-bond donors (Lipinski definition) is 3. The smallest absolute Gasteiger partial charge is 0.463 e. The van der Waals surface area contributed by atoms with Crippen LogP contribution in [-0.4, -0.2) is 54.3 Å². The second-order valence-corrected chi connectivity index (χ2v) is 14.0. The van der Waals surface area contributed by atoms with Gasteiger partial charge >= 0.3 is 13.8 Å². The van der Waals surface area contributed by atoms with E-state index in [2.05, 4.69) is 19.2 Å². The van der Waals surface area contributed by atoms with E-state index in [0.29, 0.717) is 6.42 Å². The molecule has 9 nitrogen and oxygen atoms in total. The molecule has 3 N–H and O–H groups in total. The van der Waals surface area contributed by atoms with E-state index in [1.807, 2.05) is 0 Å². The molecule has 0 aromatic heterocycles. The Morgan fingerprint density at radius 2 is 1.00 bits per heavy atom. The third-order valence-electron chi connectivity index (χ3n) is 8.04. The lowest BCUT2D eigenvalue weighted by Gasteiger charge is -2.15. The molecule has 0 aromatic rings. The molecule has 0 heterocycles. The average molecular weight is 664 g/mol. The van der Waals surface area contributed by atoms with E-state index in [1.54, 1.807) is 0 Å². The second kappa shape index (κ2) is 32.9. The van der Waals surface area contributed by atoms with Crippen LogP contribution in [0.25, 0.3) is 0 Å². The lowest BCUT2D eigenvalue weighted by molar-refractivity contribution is -0.147. The van der Waals surface area contributed by atoms with Crippen LogP contribution in [-0.2, 0) is 27.9 Å². The minimum atomic E-state index is -4.40. The lowest BCUT2D eigenvalue weighted by Crippen LogP contribution is -2.27. The van der Waals surface area contributed by atoms with Crippen molar-refractivity contribution < 1.29 is 37.9 Å². The van der Waals surface area contributed by atoms with Gasteiger partial charge in [-0.3, -0.25) is 18.6 Å². The summed E-state index contributed by atoms with van der Waals surface area (Å²) in [5.74, 6) is -0.511. The number of aliphatic hydroxyl groups excluding tert-OH is 1. The van der Waals surface area contributed by atoms with Gasteiger partial charge in [-0.1, -0.05) is 155 Å². The third kappa shape index (κ3) is 34.2. The molecule has 0 saturated heterocycles. The van der Waals surface area contributed by atoms with E-state index in [9.17, 15) is 24.2 Å². The topological polar surface area (TPSA) is 131 Å². The first-order chi connectivity index (χ1) is 21.8. The highest BCUT2D eigenvalue weighted by molar-refractivity contribution is 7.47. The molecule has 0 fully saturated rings. The van der Waals surface area contributed by atoms with Crippen LogP contribution in [0.4, 0.5) is 0 Å². The van der Waals surface area contributed by atoms with Crippen molar-refractivity contribution in [2.45, 2.75) is 187 Å². The molecule has 10 heteroatoms. The number of unbranched alkanes of at least 4 members (excludes halogenated alkanes) is 22. The molecule has 2 atom stereocenters. The Morgan fingerprint density at radius 1 is 0.600 bits per heavy atom. The van der Waals surface area contributed by atoms with Gasteiger partial charge in [0.05, 0.1) is 13.2 Å². The van der Waals surface area contributed by atoms with E-state index in [1.165, 1.54) is 116 Å². The molecule has 0 bridgehead atoms. The van der Waals surface area contributed by atoms with Crippen LogP contribution in [0.5, 0.6) is 0 Å². The number of carbonyl (C=O) groups is 2. The number of ether oxygens (including phenoxy) is 1. The minimum absolute atomic E-state index is 0.0878. The maximum absolute atomic E-state index is 12.0. The molecule has 0 aliphatic rings. The summed E-state index contributed by atoms with van der Waals surface area (Å²) in [5.41, 5.74) is 0. The number of phosphoric ester groups is 1. The standard InChI is InChI=1S/C35H70NO8P/c1-3-5-7-9-11-13-15-16-17-18-19-21-23-25-27-34(38)36-29-30-43-45(40,41)44-32-33(37)31-42-35(39)28-26-24-22-20-14-12-10-8-6-4-2/h33,37H,3-32H2,1-2H3,(H,36,38)(H,40,41). The van der Waals surface area contributed by atoms with E-state index in [4.69, 9.17) is 13.8 Å². The van der Waals surface area contributed by atoms with E-state index in [0.717, 1.165) is 38.5 Å². The Hall–Kier alpha value is -0.990. The molecular formula is C35H70NO8P. The van der Waals surface area contributed by atoms with Gasteiger partial charge in [0.15, 0.2) is 0 Å². The van der Waals surface area contributed by atoms with Crippen molar-refractivity contribution in [3.8, 4) is 0 Å². The fourth-order valence-electron chi connectivity index (χ4n) is 5.20. The Labute approximate surface area is 275 Å². The van der Waals surface area contributed by atoms with Crippen molar-refractivity contribution in [2.24, 2.45) is 0 Å². The summed E-state index contributed by atoms with van der Waals surface area (Å²) in [4.78, 5) is 33.6. The fraction of sp³-hybridized carbons (Fsp3) is 0.943. The van der Waals surface area contributed by atoms with Crippen molar-refractivity contribution in [3.63, 3.8) is 0 Å². The molecule has 0 rings (SSSR count). The molecule has 0 radical (unpaired) electrons. The molecule has 1 amide bonds. The largest absolute Gasteiger partial charge is 0.472 e. The summed E-state index contributed by atoms with van der Waals surface area (Å²) in [6.07, 6.45) is 28.9. The summed E-state index contributed by atoms with van der Waals surface area (Å²) in [6.45, 7) is 3.54. The third-order valence-corrected chi connectivity index (χ3v) is 9.02. The van der Waals surface area contributed by atoms with Gasteiger partial charge in [-0.15, -0.1) is 0 Å². The number of nitrogens with one attached hydrogen (secondary N) is 1. The highest BCUT2D eigenvalue weighted by atomic mass is 31.2. The zero-order valence-electron chi connectivity index (χ0n) is 29.1. The maximum atomic E-state index is 12.0. The maximum Gasteiger partial charge on any atom is 0.472 e.